The summed E-state index contributed by atoms with van der Waals surface area (Å²) in [4.78, 5) is 0. The molecule has 0 radical (unpaired) electrons. The van der Waals surface area contributed by atoms with Gasteiger partial charge in [0.2, 0.25) is 0 Å². The maximum Gasteiger partial charge on any atom is 0.0317 e. The molecule has 3 atom stereocenters. The Hall–Kier alpha value is 0.140. The summed E-state index contributed by atoms with van der Waals surface area (Å²) >= 11 is 5.55. The number of hydrogen-bond donors (Lipinski definition) is 1. The molecule has 102 valence electrons. The molecule has 0 bridgehead atoms. The summed E-state index contributed by atoms with van der Waals surface area (Å²) in [5.41, 5.74) is 1.55. The molecule has 1 nitrogen and oxygen atoms in total. The average Bonchev–Trinajstić information content (AvgIpc) is 2.76. The molecule has 1 aliphatic carbocycles. The van der Waals surface area contributed by atoms with E-state index in [1.165, 1.54) is 23.7 Å². The van der Waals surface area contributed by atoms with Gasteiger partial charge in [0.15, 0.2) is 0 Å². The molecule has 3 unspecified atom stereocenters. The van der Waals surface area contributed by atoms with E-state index < -0.39 is 0 Å². The van der Waals surface area contributed by atoms with Gasteiger partial charge in [0.05, 0.1) is 0 Å². The van der Waals surface area contributed by atoms with Crippen LogP contribution in [-0.2, 0) is 0 Å². The summed E-state index contributed by atoms with van der Waals surface area (Å²) in [5, 5.41) is 7.96. The van der Waals surface area contributed by atoms with E-state index in [1.807, 2.05) is 11.3 Å². The molecule has 1 aliphatic rings. The van der Waals surface area contributed by atoms with Crippen LogP contribution < -0.4 is 5.32 Å². The van der Waals surface area contributed by atoms with Crippen molar-refractivity contribution >= 4 is 27.3 Å². The fourth-order valence-electron chi connectivity index (χ4n) is 3.31. The van der Waals surface area contributed by atoms with Crippen molar-refractivity contribution in [1.29, 1.82) is 0 Å². The van der Waals surface area contributed by atoms with Crippen LogP contribution in [0.4, 0.5) is 0 Å². The second-order valence-corrected chi connectivity index (χ2v) is 7.51. The SMILES string of the molecule is CNCC1CCC(C(C)C)CC1c1cscc1Br. The molecular weight excluding hydrogens is 306 g/mol. The highest BCUT2D eigenvalue weighted by atomic mass is 79.9. The smallest absolute Gasteiger partial charge is 0.0317 e. The molecular formula is C15H24BrNS. The number of hydrogen-bond acceptors (Lipinski definition) is 2. The minimum atomic E-state index is 0.735. The summed E-state index contributed by atoms with van der Waals surface area (Å²) in [7, 11) is 2.08. The van der Waals surface area contributed by atoms with Gasteiger partial charge in [0.1, 0.15) is 0 Å². The lowest BCUT2D eigenvalue weighted by Gasteiger charge is -2.38. The third kappa shape index (κ3) is 3.17. The van der Waals surface area contributed by atoms with E-state index in [0.29, 0.717) is 0 Å². The van der Waals surface area contributed by atoms with Crippen LogP contribution in [0.1, 0.15) is 44.6 Å². The Balaban J connectivity index is 2.17. The highest BCUT2D eigenvalue weighted by molar-refractivity contribution is 9.10. The van der Waals surface area contributed by atoms with Crippen LogP contribution in [0.25, 0.3) is 0 Å². The Bertz CT molecular complexity index is 374. The number of nitrogens with one attached hydrogen (secondary N) is 1. The van der Waals surface area contributed by atoms with Gasteiger partial charge in [-0.05, 0) is 83.4 Å². The molecule has 18 heavy (non-hydrogen) atoms. The van der Waals surface area contributed by atoms with Crippen molar-refractivity contribution < 1.29 is 0 Å². The fraction of sp³-hybridized carbons (Fsp3) is 0.733. The zero-order valence-electron chi connectivity index (χ0n) is 11.6. The van der Waals surface area contributed by atoms with E-state index in [4.69, 9.17) is 0 Å². The molecule has 0 amide bonds. The van der Waals surface area contributed by atoms with Crippen LogP contribution >= 0.6 is 27.3 Å². The lowest BCUT2D eigenvalue weighted by atomic mass is 9.68. The molecule has 1 heterocycles. The van der Waals surface area contributed by atoms with Gasteiger partial charge in [-0.25, -0.2) is 0 Å². The van der Waals surface area contributed by atoms with E-state index in [-0.39, 0.29) is 0 Å². The molecule has 1 aromatic rings. The third-order valence-corrected chi connectivity index (χ3v) is 6.24. The second-order valence-electron chi connectivity index (χ2n) is 5.92. The minimum absolute atomic E-state index is 0.735. The van der Waals surface area contributed by atoms with Gasteiger partial charge in [0.25, 0.3) is 0 Å². The molecule has 0 spiro atoms. The lowest BCUT2D eigenvalue weighted by Crippen LogP contribution is -2.32. The summed E-state index contributed by atoms with van der Waals surface area (Å²) in [6, 6.07) is 0. The van der Waals surface area contributed by atoms with E-state index in [1.54, 1.807) is 5.56 Å². The van der Waals surface area contributed by atoms with Crippen LogP contribution in [-0.4, -0.2) is 13.6 Å². The minimum Gasteiger partial charge on any atom is -0.319 e. The van der Waals surface area contributed by atoms with E-state index in [9.17, 15) is 0 Å². The summed E-state index contributed by atoms with van der Waals surface area (Å²) in [5.74, 6) is 3.26. The third-order valence-electron chi connectivity index (χ3n) is 4.48. The molecule has 0 saturated heterocycles. The first kappa shape index (κ1) is 14.5. The van der Waals surface area contributed by atoms with Crippen molar-refractivity contribution in [3.8, 4) is 0 Å². The monoisotopic (exact) mass is 329 g/mol. The van der Waals surface area contributed by atoms with Crippen LogP contribution in [0, 0.1) is 17.8 Å². The first-order valence-electron chi connectivity index (χ1n) is 6.99. The highest BCUT2D eigenvalue weighted by Gasteiger charge is 2.33. The normalized spacial score (nSPS) is 28.8. The Kier molecular flexibility index (Phi) is 5.28. The second kappa shape index (κ2) is 6.53. The molecule has 3 heteroatoms. The van der Waals surface area contributed by atoms with Gasteiger partial charge in [0, 0.05) is 9.85 Å². The largest absolute Gasteiger partial charge is 0.319 e. The highest BCUT2D eigenvalue weighted by Crippen LogP contribution is 2.45. The summed E-state index contributed by atoms with van der Waals surface area (Å²) in [6.45, 7) is 5.91. The predicted molar refractivity (Wildman–Crippen MR) is 84.4 cm³/mol. The topological polar surface area (TPSA) is 12.0 Å². The van der Waals surface area contributed by atoms with Crippen molar-refractivity contribution in [3.05, 3.63) is 20.8 Å². The zero-order chi connectivity index (χ0) is 13.1. The number of thiophene rings is 1. The average molecular weight is 330 g/mol. The zero-order valence-corrected chi connectivity index (χ0v) is 14.0. The van der Waals surface area contributed by atoms with E-state index >= 15 is 0 Å². The maximum atomic E-state index is 3.73. The first-order valence-corrected chi connectivity index (χ1v) is 8.73. The van der Waals surface area contributed by atoms with Crippen LogP contribution in [0.2, 0.25) is 0 Å². The maximum absolute atomic E-state index is 3.73. The molecule has 1 aromatic heterocycles. The molecule has 2 rings (SSSR count). The first-order chi connectivity index (χ1) is 8.63. The Labute approximate surface area is 123 Å². The molecule has 1 saturated carbocycles. The lowest BCUT2D eigenvalue weighted by molar-refractivity contribution is 0.192. The standard InChI is InChI=1S/C15H24BrNS/c1-10(2)11-4-5-12(7-17-3)13(6-11)14-8-18-9-15(14)16/h8-13,17H,4-7H2,1-3H3. The van der Waals surface area contributed by atoms with Gasteiger partial charge < -0.3 is 5.32 Å². The van der Waals surface area contributed by atoms with Gasteiger partial charge in [-0.1, -0.05) is 13.8 Å². The van der Waals surface area contributed by atoms with Crippen molar-refractivity contribution in [2.45, 2.75) is 39.0 Å². The quantitative estimate of drug-likeness (QED) is 0.829. The number of rotatable bonds is 4. The predicted octanol–water partition coefficient (Wildman–Crippen LogP) is 4.89. The fourth-order valence-corrected chi connectivity index (χ4v) is 4.97. The van der Waals surface area contributed by atoms with E-state index in [0.717, 1.165) is 30.2 Å². The van der Waals surface area contributed by atoms with Gasteiger partial charge in [-0.2, -0.15) is 11.3 Å². The van der Waals surface area contributed by atoms with Gasteiger partial charge in [-0.3, -0.25) is 0 Å². The van der Waals surface area contributed by atoms with Crippen molar-refractivity contribution in [2.24, 2.45) is 17.8 Å². The Morgan fingerprint density at radius 1 is 1.39 bits per heavy atom. The number of halogens is 1. The molecule has 1 N–H and O–H groups in total. The molecule has 1 fully saturated rings. The van der Waals surface area contributed by atoms with E-state index in [2.05, 4.69) is 52.9 Å². The van der Waals surface area contributed by atoms with Gasteiger partial charge >= 0.3 is 0 Å². The summed E-state index contributed by atoms with van der Waals surface area (Å²) in [6.07, 6.45) is 4.14. The van der Waals surface area contributed by atoms with Crippen LogP contribution in [0.5, 0.6) is 0 Å². The van der Waals surface area contributed by atoms with Crippen molar-refractivity contribution in [3.63, 3.8) is 0 Å². The van der Waals surface area contributed by atoms with Gasteiger partial charge in [-0.15, -0.1) is 0 Å². The Morgan fingerprint density at radius 2 is 2.17 bits per heavy atom. The molecule has 0 aliphatic heterocycles. The van der Waals surface area contributed by atoms with Crippen molar-refractivity contribution in [1.82, 2.24) is 5.32 Å². The van der Waals surface area contributed by atoms with Crippen molar-refractivity contribution in [2.75, 3.05) is 13.6 Å². The summed E-state index contributed by atoms with van der Waals surface area (Å²) < 4.78 is 1.32. The van der Waals surface area contributed by atoms with Crippen LogP contribution in [0.3, 0.4) is 0 Å². The Morgan fingerprint density at radius 3 is 2.72 bits per heavy atom. The molecule has 0 aromatic carbocycles. The van der Waals surface area contributed by atoms with Crippen LogP contribution in [0.15, 0.2) is 15.2 Å².